The Morgan fingerprint density at radius 2 is 1.89 bits per heavy atom. The summed E-state index contributed by atoms with van der Waals surface area (Å²) in [6.45, 7) is 3.40. The van der Waals surface area contributed by atoms with E-state index in [9.17, 15) is 0 Å². The van der Waals surface area contributed by atoms with E-state index in [0.717, 1.165) is 19.4 Å². The molecule has 1 saturated carbocycles. The van der Waals surface area contributed by atoms with Gasteiger partial charge in [0.05, 0.1) is 5.60 Å². The minimum absolute atomic E-state index is 0.0720. The van der Waals surface area contributed by atoms with E-state index in [1.54, 1.807) is 7.11 Å². The first kappa shape index (κ1) is 13.3. The minimum Gasteiger partial charge on any atom is -0.376 e. The van der Waals surface area contributed by atoms with Crippen LogP contribution >= 0.6 is 11.6 Å². The Morgan fingerprint density at radius 3 is 2.39 bits per heavy atom. The molecule has 1 aromatic heterocycles. The van der Waals surface area contributed by atoms with Gasteiger partial charge in [0.25, 0.3) is 0 Å². The molecule has 0 radical (unpaired) electrons. The van der Waals surface area contributed by atoms with E-state index in [1.165, 1.54) is 6.42 Å². The van der Waals surface area contributed by atoms with Crippen LogP contribution in [0.15, 0.2) is 0 Å². The van der Waals surface area contributed by atoms with Gasteiger partial charge in [-0.05, 0) is 37.8 Å². The molecule has 100 valence electrons. The number of methoxy groups -OCH3 is 1. The fraction of sp³-hybridized carbons (Fsp3) is 0.727. The van der Waals surface area contributed by atoms with Crippen molar-refractivity contribution in [3.8, 4) is 0 Å². The van der Waals surface area contributed by atoms with Gasteiger partial charge in [-0.3, -0.25) is 0 Å². The Balaban J connectivity index is 2.00. The lowest BCUT2D eigenvalue weighted by Gasteiger charge is -2.40. The van der Waals surface area contributed by atoms with Crippen LogP contribution in [-0.4, -0.2) is 40.8 Å². The standard InChI is InChI=1S/C11H18ClN5O/c1-3-13-9-15-8(12)16-10(17-9)14-7-11(18-2)5-4-6-11/h3-7H2,1-2H3,(H2,13,14,15,16,17). The number of anilines is 2. The molecule has 0 bridgehead atoms. The molecule has 1 aliphatic carbocycles. The molecule has 18 heavy (non-hydrogen) atoms. The zero-order valence-corrected chi connectivity index (χ0v) is 11.4. The molecule has 0 atom stereocenters. The highest BCUT2D eigenvalue weighted by Gasteiger charge is 2.36. The van der Waals surface area contributed by atoms with Crippen molar-refractivity contribution < 1.29 is 4.74 Å². The average molecular weight is 272 g/mol. The van der Waals surface area contributed by atoms with Gasteiger partial charge < -0.3 is 15.4 Å². The number of ether oxygens (including phenoxy) is 1. The van der Waals surface area contributed by atoms with Crippen LogP contribution in [0, 0.1) is 0 Å². The monoisotopic (exact) mass is 271 g/mol. The number of aromatic nitrogens is 3. The maximum absolute atomic E-state index is 5.84. The van der Waals surface area contributed by atoms with Gasteiger partial charge in [-0.25, -0.2) is 0 Å². The van der Waals surface area contributed by atoms with Crippen molar-refractivity contribution in [3.05, 3.63) is 5.28 Å². The van der Waals surface area contributed by atoms with Crippen LogP contribution in [0.4, 0.5) is 11.9 Å². The molecule has 0 unspecified atom stereocenters. The van der Waals surface area contributed by atoms with E-state index >= 15 is 0 Å². The third-order valence-corrected chi connectivity index (χ3v) is 3.38. The molecule has 1 aliphatic rings. The largest absolute Gasteiger partial charge is 0.376 e. The first-order valence-corrected chi connectivity index (χ1v) is 6.50. The molecule has 0 spiro atoms. The summed E-state index contributed by atoms with van der Waals surface area (Å²) in [5, 5.41) is 6.36. The Labute approximate surface area is 112 Å². The summed E-state index contributed by atoms with van der Waals surface area (Å²) >= 11 is 5.84. The smallest absolute Gasteiger partial charge is 0.228 e. The molecule has 0 aromatic carbocycles. The normalized spacial score (nSPS) is 17.1. The van der Waals surface area contributed by atoms with E-state index in [2.05, 4.69) is 25.6 Å². The molecule has 0 aliphatic heterocycles. The summed E-state index contributed by atoms with van der Waals surface area (Å²) in [5.41, 5.74) is -0.0720. The minimum atomic E-state index is -0.0720. The summed E-state index contributed by atoms with van der Waals surface area (Å²) in [6, 6.07) is 0. The van der Waals surface area contributed by atoms with Gasteiger partial charge in [-0.1, -0.05) is 0 Å². The van der Waals surface area contributed by atoms with Gasteiger partial charge >= 0.3 is 0 Å². The van der Waals surface area contributed by atoms with Crippen LogP contribution in [0.2, 0.25) is 5.28 Å². The van der Waals surface area contributed by atoms with E-state index in [0.29, 0.717) is 18.4 Å². The number of nitrogens with one attached hydrogen (secondary N) is 2. The molecule has 1 heterocycles. The maximum Gasteiger partial charge on any atom is 0.228 e. The van der Waals surface area contributed by atoms with Gasteiger partial charge in [-0.15, -0.1) is 0 Å². The van der Waals surface area contributed by atoms with Crippen molar-refractivity contribution in [1.82, 2.24) is 15.0 Å². The van der Waals surface area contributed by atoms with Crippen molar-refractivity contribution in [2.24, 2.45) is 0 Å². The molecule has 2 N–H and O–H groups in total. The zero-order chi connectivity index (χ0) is 13.0. The van der Waals surface area contributed by atoms with Gasteiger partial charge in [-0.2, -0.15) is 15.0 Å². The van der Waals surface area contributed by atoms with E-state index < -0.39 is 0 Å². The predicted octanol–water partition coefficient (Wildman–Crippen LogP) is 1.94. The number of hydrogen-bond acceptors (Lipinski definition) is 6. The van der Waals surface area contributed by atoms with Crippen molar-refractivity contribution in [1.29, 1.82) is 0 Å². The summed E-state index contributed by atoms with van der Waals surface area (Å²) in [6.07, 6.45) is 3.33. The van der Waals surface area contributed by atoms with E-state index in [1.807, 2.05) is 6.92 Å². The summed E-state index contributed by atoms with van der Waals surface area (Å²) in [5.74, 6) is 0.967. The van der Waals surface area contributed by atoms with Crippen molar-refractivity contribution in [2.75, 3.05) is 30.8 Å². The summed E-state index contributed by atoms with van der Waals surface area (Å²) in [4.78, 5) is 12.3. The highest BCUT2D eigenvalue weighted by molar-refractivity contribution is 6.28. The topological polar surface area (TPSA) is 72.0 Å². The molecule has 0 saturated heterocycles. The van der Waals surface area contributed by atoms with Crippen molar-refractivity contribution in [2.45, 2.75) is 31.8 Å². The molecule has 0 amide bonds. The molecule has 1 aromatic rings. The second kappa shape index (κ2) is 5.67. The van der Waals surface area contributed by atoms with Crippen LogP contribution in [0.3, 0.4) is 0 Å². The third kappa shape index (κ3) is 3.00. The number of nitrogens with zero attached hydrogens (tertiary/aromatic N) is 3. The second-order valence-corrected chi connectivity index (χ2v) is 4.71. The predicted molar refractivity (Wildman–Crippen MR) is 71.1 cm³/mol. The lowest BCUT2D eigenvalue weighted by atomic mass is 9.80. The first-order valence-electron chi connectivity index (χ1n) is 6.12. The van der Waals surface area contributed by atoms with Gasteiger partial charge in [0.1, 0.15) is 0 Å². The SMILES string of the molecule is CCNc1nc(Cl)nc(NCC2(OC)CCC2)n1. The highest BCUT2D eigenvalue weighted by Crippen LogP contribution is 2.34. The van der Waals surface area contributed by atoms with Crippen LogP contribution < -0.4 is 10.6 Å². The van der Waals surface area contributed by atoms with Gasteiger partial charge in [0, 0.05) is 20.2 Å². The molecule has 6 nitrogen and oxygen atoms in total. The van der Waals surface area contributed by atoms with Crippen LogP contribution in [-0.2, 0) is 4.74 Å². The van der Waals surface area contributed by atoms with Crippen molar-refractivity contribution in [3.63, 3.8) is 0 Å². The molecule has 7 heteroatoms. The number of rotatable bonds is 6. The fourth-order valence-electron chi connectivity index (χ4n) is 1.93. The van der Waals surface area contributed by atoms with Crippen LogP contribution in [0.1, 0.15) is 26.2 Å². The quantitative estimate of drug-likeness (QED) is 0.824. The second-order valence-electron chi connectivity index (χ2n) is 4.38. The third-order valence-electron chi connectivity index (χ3n) is 3.21. The fourth-order valence-corrected chi connectivity index (χ4v) is 2.09. The van der Waals surface area contributed by atoms with Crippen molar-refractivity contribution >= 4 is 23.5 Å². The van der Waals surface area contributed by atoms with Gasteiger partial charge in [0.15, 0.2) is 0 Å². The Morgan fingerprint density at radius 1 is 1.22 bits per heavy atom. The average Bonchev–Trinajstić information content (AvgIpc) is 2.28. The van der Waals surface area contributed by atoms with Gasteiger partial charge in [0.2, 0.25) is 17.2 Å². The number of hydrogen-bond donors (Lipinski definition) is 2. The maximum atomic E-state index is 5.84. The van der Waals surface area contributed by atoms with Crippen LogP contribution in [0.5, 0.6) is 0 Å². The Bertz CT molecular complexity index is 405. The molecular formula is C11H18ClN5O. The van der Waals surface area contributed by atoms with Crippen LogP contribution in [0.25, 0.3) is 0 Å². The Hall–Kier alpha value is -1.14. The lowest BCUT2D eigenvalue weighted by Crippen LogP contribution is -2.45. The zero-order valence-electron chi connectivity index (χ0n) is 10.7. The molecule has 2 rings (SSSR count). The summed E-state index contributed by atoms with van der Waals surface area (Å²) < 4.78 is 5.52. The highest BCUT2D eigenvalue weighted by atomic mass is 35.5. The molecule has 1 fully saturated rings. The number of halogens is 1. The first-order chi connectivity index (χ1) is 8.67. The summed E-state index contributed by atoms with van der Waals surface area (Å²) in [7, 11) is 1.74. The van der Waals surface area contributed by atoms with E-state index in [-0.39, 0.29) is 10.9 Å². The lowest BCUT2D eigenvalue weighted by molar-refractivity contribution is -0.0602. The molecular weight excluding hydrogens is 254 g/mol. The Kier molecular flexibility index (Phi) is 4.19. The van der Waals surface area contributed by atoms with E-state index in [4.69, 9.17) is 16.3 Å².